The largest absolute Gasteiger partial charge is 0.480 e. The SMILES string of the molecule is Cc1ccnc(Oc2ccc(C[C@H](Nc3nc4ccc(Cl)cc4cc3C(=O)O)C(=O)O)cc2)c1. The molecule has 0 fully saturated rings. The second-order valence-electron chi connectivity index (χ2n) is 7.68. The number of carbonyl (C=O) groups is 2. The second kappa shape index (κ2) is 9.76. The summed E-state index contributed by atoms with van der Waals surface area (Å²) in [5.41, 5.74) is 2.08. The highest BCUT2D eigenvalue weighted by atomic mass is 35.5. The quantitative estimate of drug-likeness (QED) is 0.317. The first-order valence-electron chi connectivity index (χ1n) is 10.3. The molecular formula is C25H20ClN3O5. The predicted octanol–water partition coefficient (Wildman–Crippen LogP) is 5.19. The number of aromatic nitrogens is 2. The van der Waals surface area contributed by atoms with Crippen molar-refractivity contribution in [2.75, 3.05) is 5.32 Å². The number of nitrogens with one attached hydrogen (secondary N) is 1. The van der Waals surface area contributed by atoms with Crippen molar-refractivity contribution < 1.29 is 24.5 Å². The van der Waals surface area contributed by atoms with Gasteiger partial charge in [0.15, 0.2) is 0 Å². The molecule has 0 aliphatic carbocycles. The lowest BCUT2D eigenvalue weighted by molar-refractivity contribution is -0.137. The molecule has 0 saturated heterocycles. The maximum Gasteiger partial charge on any atom is 0.339 e. The lowest BCUT2D eigenvalue weighted by Crippen LogP contribution is -2.32. The Morgan fingerprint density at radius 3 is 2.50 bits per heavy atom. The van der Waals surface area contributed by atoms with Crippen LogP contribution in [0.25, 0.3) is 10.9 Å². The minimum absolute atomic E-state index is 0.0276. The van der Waals surface area contributed by atoms with Gasteiger partial charge in [-0.25, -0.2) is 19.6 Å². The van der Waals surface area contributed by atoms with Gasteiger partial charge in [0.25, 0.3) is 0 Å². The van der Waals surface area contributed by atoms with Crippen LogP contribution in [0.3, 0.4) is 0 Å². The standard InChI is InChI=1S/C25H20ClN3O5/c1-14-8-9-27-22(10-14)34-18-5-2-15(3-6-18)11-21(25(32)33)29-23-19(24(30)31)13-16-12-17(26)4-7-20(16)28-23/h2-10,12-13,21H,11H2,1H3,(H,28,29)(H,30,31)(H,32,33)/t21-/m0/s1. The Labute approximate surface area is 199 Å². The van der Waals surface area contributed by atoms with Gasteiger partial charge in [-0.3, -0.25) is 0 Å². The fourth-order valence-electron chi connectivity index (χ4n) is 3.40. The number of hydrogen-bond donors (Lipinski definition) is 3. The molecule has 0 aliphatic rings. The van der Waals surface area contributed by atoms with E-state index in [1.165, 1.54) is 6.07 Å². The number of anilines is 1. The third kappa shape index (κ3) is 5.41. The number of nitrogens with zero attached hydrogens (tertiary/aromatic N) is 2. The summed E-state index contributed by atoms with van der Waals surface area (Å²) in [6.45, 7) is 1.94. The molecule has 0 bridgehead atoms. The highest BCUT2D eigenvalue weighted by Crippen LogP contribution is 2.25. The summed E-state index contributed by atoms with van der Waals surface area (Å²) in [7, 11) is 0. The number of benzene rings is 2. The third-order valence-electron chi connectivity index (χ3n) is 5.09. The van der Waals surface area contributed by atoms with Crippen LogP contribution >= 0.6 is 11.6 Å². The number of carboxylic acids is 2. The predicted molar refractivity (Wildman–Crippen MR) is 128 cm³/mol. The summed E-state index contributed by atoms with van der Waals surface area (Å²) >= 11 is 5.99. The molecule has 4 aromatic rings. The van der Waals surface area contributed by atoms with Gasteiger partial charge in [-0.15, -0.1) is 0 Å². The van der Waals surface area contributed by atoms with Crippen LogP contribution < -0.4 is 10.1 Å². The number of carboxylic acid groups (broad SMARTS) is 2. The number of aliphatic carboxylic acids is 1. The van der Waals surface area contributed by atoms with Crippen LogP contribution in [0.5, 0.6) is 11.6 Å². The van der Waals surface area contributed by atoms with Crippen molar-refractivity contribution in [3.8, 4) is 11.6 Å². The second-order valence-corrected chi connectivity index (χ2v) is 8.12. The summed E-state index contributed by atoms with van der Waals surface area (Å²) in [6.07, 6.45) is 1.75. The Kier molecular flexibility index (Phi) is 6.60. The number of ether oxygens (including phenoxy) is 1. The zero-order valence-corrected chi connectivity index (χ0v) is 18.8. The fraction of sp³-hybridized carbons (Fsp3) is 0.120. The molecule has 0 saturated carbocycles. The Hall–Kier alpha value is -4.17. The molecule has 2 aromatic heterocycles. The van der Waals surface area contributed by atoms with Crippen molar-refractivity contribution in [1.29, 1.82) is 0 Å². The summed E-state index contributed by atoms with van der Waals surface area (Å²) in [4.78, 5) is 32.2. The maximum atomic E-state index is 11.9. The number of aromatic carboxylic acids is 1. The highest BCUT2D eigenvalue weighted by molar-refractivity contribution is 6.31. The number of hydrogen-bond acceptors (Lipinski definition) is 6. The number of halogens is 1. The molecule has 172 valence electrons. The molecule has 0 amide bonds. The van der Waals surface area contributed by atoms with Crippen LogP contribution in [-0.2, 0) is 11.2 Å². The van der Waals surface area contributed by atoms with Gasteiger partial charge in [0, 0.05) is 29.1 Å². The molecule has 0 unspecified atom stereocenters. The molecule has 34 heavy (non-hydrogen) atoms. The molecular weight excluding hydrogens is 458 g/mol. The van der Waals surface area contributed by atoms with Gasteiger partial charge in [0.1, 0.15) is 23.2 Å². The number of rotatable bonds is 8. The smallest absolute Gasteiger partial charge is 0.339 e. The summed E-state index contributed by atoms with van der Waals surface area (Å²) < 4.78 is 5.73. The molecule has 0 radical (unpaired) electrons. The van der Waals surface area contributed by atoms with Gasteiger partial charge >= 0.3 is 11.9 Å². The molecule has 8 nitrogen and oxygen atoms in total. The van der Waals surface area contributed by atoms with Gasteiger partial charge in [0.2, 0.25) is 5.88 Å². The number of fused-ring (bicyclic) bond motifs is 1. The average molecular weight is 478 g/mol. The van der Waals surface area contributed by atoms with Crippen molar-refractivity contribution in [3.63, 3.8) is 0 Å². The van der Waals surface area contributed by atoms with Gasteiger partial charge in [-0.1, -0.05) is 23.7 Å². The molecule has 9 heteroatoms. The zero-order chi connectivity index (χ0) is 24.2. The topological polar surface area (TPSA) is 122 Å². The van der Waals surface area contributed by atoms with E-state index in [0.29, 0.717) is 33.1 Å². The van der Waals surface area contributed by atoms with Crippen LogP contribution in [0.1, 0.15) is 21.5 Å². The van der Waals surface area contributed by atoms with Crippen LogP contribution in [0, 0.1) is 6.92 Å². The molecule has 1 atom stereocenters. The normalized spacial score (nSPS) is 11.7. The lowest BCUT2D eigenvalue weighted by Gasteiger charge is -2.17. The van der Waals surface area contributed by atoms with Crippen LogP contribution in [0.2, 0.25) is 5.02 Å². The van der Waals surface area contributed by atoms with Gasteiger partial charge in [-0.2, -0.15) is 0 Å². The van der Waals surface area contributed by atoms with Crippen molar-refractivity contribution >= 4 is 40.3 Å². The Morgan fingerprint density at radius 2 is 1.82 bits per heavy atom. The van der Waals surface area contributed by atoms with Crippen LogP contribution in [0.15, 0.2) is 66.9 Å². The number of pyridine rings is 2. The van der Waals surface area contributed by atoms with E-state index in [0.717, 1.165) is 5.56 Å². The first-order chi connectivity index (χ1) is 16.3. The molecule has 0 aliphatic heterocycles. The minimum atomic E-state index is -1.23. The zero-order valence-electron chi connectivity index (χ0n) is 18.0. The van der Waals surface area contributed by atoms with Crippen molar-refractivity contribution in [2.45, 2.75) is 19.4 Å². The van der Waals surface area contributed by atoms with E-state index in [2.05, 4.69) is 15.3 Å². The van der Waals surface area contributed by atoms with Crippen molar-refractivity contribution in [3.05, 3.63) is 88.6 Å². The first-order valence-corrected chi connectivity index (χ1v) is 10.7. The van der Waals surface area contributed by atoms with Gasteiger partial charge < -0.3 is 20.3 Å². The van der Waals surface area contributed by atoms with E-state index < -0.39 is 18.0 Å². The summed E-state index contributed by atoms with van der Waals surface area (Å²) in [5, 5.41) is 23.2. The minimum Gasteiger partial charge on any atom is -0.480 e. The third-order valence-corrected chi connectivity index (χ3v) is 5.33. The fourth-order valence-corrected chi connectivity index (χ4v) is 3.58. The maximum absolute atomic E-state index is 11.9. The first kappa shape index (κ1) is 23.0. The molecule has 0 spiro atoms. The van der Waals surface area contributed by atoms with Gasteiger partial charge in [0.05, 0.1) is 5.52 Å². The Balaban J connectivity index is 1.54. The lowest BCUT2D eigenvalue weighted by atomic mass is 10.0. The monoisotopic (exact) mass is 477 g/mol. The molecule has 4 rings (SSSR count). The summed E-state index contributed by atoms with van der Waals surface area (Å²) in [5.74, 6) is -1.38. The van der Waals surface area contributed by atoms with E-state index in [1.807, 2.05) is 19.1 Å². The Morgan fingerprint density at radius 1 is 1.06 bits per heavy atom. The van der Waals surface area contributed by atoms with E-state index in [4.69, 9.17) is 16.3 Å². The molecule has 3 N–H and O–H groups in total. The van der Waals surface area contributed by atoms with Crippen LogP contribution in [0.4, 0.5) is 5.82 Å². The average Bonchev–Trinajstić information content (AvgIpc) is 2.79. The van der Waals surface area contributed by atoms with E-state index in [-0.39, 0.29) is 17.8 Å². The molecule has 2 aromatic carbocycles. The van der Waals surface area contributed by atoms with Crippen molar-refractivity contribution in [1.82, 2.24) is 9.97 Å². The number of aryl methyl sites for hydroxylation is 1. The van der Waals surface area contributed by atoms with Gasteiger partial charge in [-0.05, 0) is 60.5 Å². The Bertz CT molecular complexity index is 1380. The summed E-state index contributed by atoms with van der Waals surface area (Å²) in [6, 6.07) is 15.8. The van der Waals surface area contributed by atoms with E-state index in [9.17, 15) is 19.8 Å². The molecule has 2 heterocycles. The van der Waals surface area contributed by atoms with Crippen LogP contribution in [-0.4, -0.2) is 38.2 Å². The van der Waals surface area contributed by atoms with E-state index in [1.54, 1.807) is 48.7 Å². The van der Waals surface area contributed by atoms with Crippen molar-refractivity contribution in [2.24, 2.45) is 0 Å². The van der Waals surface area contributed by atoms with E-state index >= 15 is 0 Å². The highest BCUT2D eigenvalue weighted by Gasteiger charge is 2.22.